The third-order valence-corrected chi connectivity index (χ3v) is 2.65. The zero-order valence-corrected chi connectivity index (χ0v) is 12.1. The van der Waals surface area contributed by atoms with Gasteiger partial charge in [0.15, 0.2) is 5.82 Å². The summed E-state index contributed by atoms with van der Waals surface area (Å²) < 4.78 is 10.2. The molecule has 0 fully saturated rings. The molecule has 0 spiro atoms. The third-order valence-electron chi connectivity index (χ3n) is 2.65. The Labute approximate surface area is 109 Å². The van der Waals surface area contributed by atoms with Crippen LogP contribution in [0.2, 0.25) is 0 Å². The van der Waals surface area contributed by atoms with Gasteiger partial charge in [0.05, 0.1) is 12.6 Å². The van der Waals surface area contributed by atoms with Gasteiger partial charge in [0, 0.05) is 13.5 Å². The van der Waals surface area contributed by atoms with Crippen LogP contribution in [0.3, 0.4) is 0 Å². The third kappa shape index (κ3) is 5.14. The first kappa shape index (κ1) is 15.1. The molecule has 1 rings (SSSR count). The molecule has 0 aliphatic rings. The van der Waals surface area contributed by atoms with Crippen LogP contribution >= 0.6 is 0 Å². The van der Waals surface area contributed by atoms with Gasteiger partial charge in [0.25, 0.3) is 0 Å². The Morgan fingerprint density at radius 2 is 2.06 bits per heavy atom. The summed E-state index contributed by atoms with van der Waals surface area (Å²) in [5.41, 5.74) is 6.16. The highest BCUT2D eigenvalue weighted by atomic mass is 16.5. The van der Waals surface area contributed by atoms with Crippen LogP contribution in [0.15, 0.2) is 4.52 Å². The highest BCUT2D eigenvalue weighted by molar-refractivity contribution is 4.93. The maximum absolute atomic E-state index is 5.84. The fourth-order valence-electron chi connectivity index (χ4n) is 2.17. The Bertz CT molecular complexity index is 357. The molecule has 104 valence electrons. The number of rotatable bonds is 6. The maximum atomic E-state index is 5.84. The molecule has 2 atom stereocenters. The normalized spacial score (nSPS) is 15.7. The Hall–Kier alpha value is -0.940. The van der Waals surface area contributed by atoms with E-state index in [1.165, 1.54) is 0 Å². The number of methoxy groups -OCH3 is 1. The van der Waals surface area contributed by atoms with Crippen LogP contribution in [0.1, 0.15) is 51.9 Å². The molecule has 0 bridgehead atoms. The summed E-state index contributed by atoms with van der Waals surface area (Å²) in [5.74, 6) is 1.69. The average Bonchev–Trinajstić information content (AvgIpc) is 2.63. The molecule has 0 aliphatic carbocycles. The van der Waals surface area contributed by atoms with Gasteiger partial charge >= 0.3 is 0 Å². The molecule has 18 heavy (non-hydrogen) atoms. The number of aromatic nitrogens is 2. The minimum absolute atomic E-state index is 0.314. The van der Waals surface area contributed by atoms with Crippen LogP contribution in [0.25, 0.3) is 0 Å². The first-order chi connectivity index (χ1) is 8.31. The van der Waals surface area contributed by atoms with Crippen LogP contribution in [0, 0.1) is 11.3 Å². The van der Waals surface area contributed by atoms with E-state index in [0.717, 1.165) is 12.8 Å². The topological polar surface area (TPSA) is 74.2 Å². The Morgan fingerprint density at radius 1 is 1.39 bits per heavy atom. The highest BCUT2D eigenvalue weighted by Gasteiger charge is 2.19. The second-order valence-electron chi connectivity index (χ2n) is 6.18. The van der Waals surface area contributed by atoms with Crippen molar-refractivity contribution < 1.29 is 9.26 Å². The molecular formula is C13H25N3O2. The van der Waals surface area contributed by atoms with Crippen LogP contribution in [-0.2, 0) is 11.2 Å². The zero-order valence-electron chi connectivity index (χ0n) is 12.1. The number of hydrogen-bond acceptors (Lipinski definition) is 5. The summed E-state index contributed by atoms with van der Waals surface area (Å²) in [7, 11) is 1.60. The number of nitrogens with zero attached hydrogens (tertiary/aromatic N) is 2. The zero-order chi connectivity index (χ0) is 13.8. The first-order valence-electron chi connectivity index (χ1n) is 6.39. The summed E-state index contributed by atoms with van der Waals surface area (Å²) in [6.07, 6.45) is 1.92. The molecule has 0 radical (unpaired) electrons. The van der Waals surface area contributed by atoms with Crippen molar-refractivity contribution in [1.82, 2.24) is 10.1 Å². The van der Waals surface area contributed by atoms with Crippen LogP contribution in [-0.4, -0.2) is 23.9 Å². The summed E-state index contributed by atoms with van der Waals surface area (Å²) >= 11 is 0. The predicted octanol–water partition coefficient (Wildman–Crippen LogP) is 2.33. The van der Waals surface area contributed by atoms with Crippen LogP contribution in [0.5, 0.6) is 0 Å². The van der Waals surface area contributed by atoms with E-state index in [1.54, 1.807) is 7.11 Å². The number of nitrogens with two attached hydrogens (primary N) is 1. The van der Waals surface area contributed by atoms with Gasteiger partial charge in [-0.05, 0) is 17.8 Å². The minimum Gasteiger partial charge on any atom is -0.383 e. The monoisotopic (exact) mass is 255 g/mol. The SMILES string of the molecule is COCC(N)c1noc(CC(C)CC(C)(C)C)n1. The van der Waals surface area contributed by atoms with E-state index in [2.05, 4.69) is 37.8 Å². The molecule has 0 saturated heterocycles. The van der Waals surface area contributed by atoms with Crippen molar-refractivity contribution in [3.8, 4) is 0 Å². The molecule has 1 heterocycles. The lowest BCUT2D eigenvalue weighted by molar-refractivity contribution is 0.177. The van der Waals surface area contributed by atoms with Crippen molar-refractivity contribution in [1.29, 1.82) is 0 Å². The van der Waals surface area contributed by atoms with E-state index in [9.17, 15) is 0 Å². The van der Waals surface area contributed by atoms with Crippen LogP contribution in [0.4, 0.5) is 0 Å². The molecule has 1 aromatic heterocycles. The van der Waals surface area contributed by atoms with Crippen molar-refractivity contribution in [3.63, 3.8) is 0 Å². The van der Waals surface area contributed by atoms with E-state index in [4.69, 9.17) is 15.0 Å². The molecule has 5 heteroatoms. The molecule has 2 N–H and O–H groups in total. The van der Waals surface area contributed by atoms with Crippen molar-refractivity contribution in [2.45, 2.75) is 46.6 Å². The first-order valence-corrected chi connectivity index (χ1v) is 6.39. The molecular weight excluding hydrogens is 230 g/mol. The summed E-state index contributed by atoms with van der Waals surface area (Å²) in [5, 5.41) is 3.89. The summed E-state index contributed by atoms with van der Waals surface area (Å²) in [6, 6.07) is -0.314. The minimum atomic E-state index is -0.314. The van der Waals surface area contributed by atoms with Gasteiger partial charge in [0.2, 0.25) is 5.89 Å². The van der Waals surface area contributed by atoms with E-state index >= 15 is 0 Å². The lowest BCUT2D eigenvalue weighted by Gasteiger charge is -2.22. The standard InChI is InChI=1S/C13H25N3O2/c1-9(7-13(2,3)4)6-11-15-12(16-18-11)10(14)8-17-5/h9-10H,6-8,14H2,1-5H3. The second kappa shape index (κ2) is 6.29. The van der Waals surface area contributed by atoms with Gasteiger partial charge < -0.3 is 15.0 Å². The Morgan fingerprint density at radius 3 is 2.61 bits per heavy atom. The Balaban J connectivity index is 2.53. The Kier molecular flexibility index (Phi) is 5.28. The molecule has 5 nitrogen and oxygen atoms in total. The highest BCUT2D eigenvalue weighted by Crippen LogP contribution is 2.26. The van der Waals surface area contributed by atoms with E-state index < -0.39 is 0 Å². The quantitative estimate of drug-likeness (QED) is 0.844. The van der Waals surface area contributed by atoms with Crippen molar-refractivity contribution >= 4 is 0 Å². The van der Waals surface area contributed by atoms with Crippen molar-refractivity contribution in [2.75, 3.05) is 13.7 Å². The average molecular weight is 255 g/mol. The van der Waals surface area contributed by atoms with Gasteiger partial charge in [-0.25, -0.2) is 0 Å². The van der Waals surface area contributed by atoms with Crippen LogP contribution < -0.4 is 5.73 Å². The van der Waals surface area contributed by atoms with E-state index in [-0.39, 0.29) is 6.04 Å². The van der Waals surface area contributed by atoms with Crippen molar-refractivity contribution in [2.24, 2.45) is 17.1 Å². The fourth-order valence-corrected chi connectivity index (χ4v) is 2.17. The van der Waals surface area contributed by atoms with Gasteiger partial charge in [0.1, 0.15) is 0 Å². The lowest BCUT2D eigenvalue weighted by Crippen LogP contribution is -2.17. The molecule has 0 amide bonds. The van der Waals surface area contributed by atoms with Gasteiger partial charge in [-0.1, -0.05) is 32.9 Å². The van der Waals surface area contributed by atoms with Gasteiger partial charge in [-0.3, -0.25) is 0 Å². The molecule has 0 aliphatic heterocycles. The predicted molar refractivity (Wildman–Crippen MR) is 70.0 cm³/mol. The molecule has 0 saturated carbocycles. The maximum Gasteiger partial charge on any atom is 0.226 e. The fraction of sp³-hybridized carbons (Fsp3) is 0.846. The van der Waals surface area contributed by atoms with Gasteiger partial charge in [-0.2, -0.15) is 4.98 Å². The lowest BCUT2D eigenvalue weighted by atomic mass is 9.84. The molecule has 2 unspecified atom stereocenters. The summed E-state index contributed by atoms with van der Waals surface area (Å²) in [4.78, 5) is 4.32. The second-order valence-corrected chi connectivity index (χ2v) is 6.18. The van der Waals surface area contributed by atoms with Crippen molar-refractivity contribution in [3.05, 3.63) is 11.7 Å². The van der Waals surface area contributed by atoms with Gasteiger partial charge in [-0.15, -0.1) is 0 Å². The van der Waals surface area contributed by atoms with E-state index in [0.29, 0.717) is 29.7 Å². The summed E-state index contributed by atoms with van der Waals surface area (Å²) in [6.45, 7) is 9.30. The number of ether oxygens (including phenoxy) is 1. The largest absolute Gasteiger partial charge is 0.383 e. The molecule has 0 aromatic carbocycles. The molecule has 1 aromatic rings. The number of hydrogen-bond donors (Lipinski definition) is 1. The van der Waals surface area contributed by atoms with E-state index in [1.807, 2.05) is 0 Å². The smallest absolute Gasteiger partial charge is 0.226 e.